The summed E-state index contributed by atoms with van der Waals surface area (Å²) in [5.74, 6) is -0.573. The first-order valence-electron chi connectivity index (χ1n) is 8.28. The predicted octanol–water partition coefficient (Wildman–Crippen LogP) is 2.52. The Morgan fingerprint density at radius 3 is 2.35 bits per heavy atom. The van der Waals surface area contributed by atoms with E-state index in [2.05, 4.69) is 0 Å². The zero-order chi connectivity index (χ0) is 18.7. The van der Waals surface area contributed by atoms with Gasteiger partial charge < -0.3 is 5.11 Å². The highest BCUT2D eigenvalue weighted by atomic mass is 35.5. The zero-order valence-electron chi connectivity index (χ0n) is 14.1. The number of piperazine rings is 1. The first-order valence-corrected chi connectivity index (χ1v) is 10.1. The highest BCUT2D eigenvalue weighted by Crippen LogP contribution is 2.21. The van der Waals surface area contributed by atoms with Gasteiger partial charge in [0, 0.05) is 37.7 Å². The SMILES string of the molecule is O=S(=O)(c1cccc(F)c1)N1CCN(CC(O)c2ccc(Cl)cc2)CC1. The number of nitrogens with zero attached hydrogens (tertiary/aromatic N) is 2. The van der Waals surface area contributed by atoms with E-state index < -0.39 is 21.9 Å². The van der Waals surface area contributed by atoms with Gasteiger partial charge in [0.2, 0.25) is 10.0 Å². The van der Waals surface area contributed by atoms with Crippen LogP contribution in [0.1, 0.15) is 11.7 Å². The maximum Gasteiger partial charge on any atom is 0.243 e. The molecule has 0 spiro atoms. The van der Waals surface area contributed by atoms with Gasteiger partial charge in [0.25, 0.3) is 0 Å². The minimum atomic E-state index is -3.70. The van der Waals surface area contributed by atoms with Crippen molar-refractivity contribution < 1.29 is 17.9 Å². The second-order valence-electron chi connectivity index (χ2n) is 6.23. The van der Waals surface area contributed by atoms with E-state index in [1.165, 1.54) is 22.5 Å². The lowest BCUT2D eigenvalue weighted by Crippen LogP contribution is -2.49. The Kier molecular flexibility index (Phi) is 5.94. The van der Waals surface area contributed by atoms with Gasteiger partial charge in [0.1, 0.15) is 5.82 Å². The van der Waals surface area contributed by atoms with Gasteiger partial charge in [-0.25, -0.2) is 12.8 Å². The molecule has 1 aliphatic heterocycles. The monoisotopic (exact) mass is 398 g/mol. The lowest BCUT2D eigenvalue weighted by molar-refractivity contribution is 0.0921. The zero-order valence-corrected chi connectivity index (χ0v) is 15.6. The molecule has 0 saturated carbocycles. The van der Waals surface area contributed by atoms with Gasteiger partial charge in [-0.15, -0.1) is 0 Å². The number of aliphatic hydroxyl groups is 1. The number of aliphatic hydroxyl groups excluding tert-OH is 1. The van der Waals surface area contributed by atoms with Crippen LogP contribution in [0.15, 0.2) is 53.4 Å². The first kappa shape index (κ1) is 19.3. The molecule has 1 fully saturated rings. The molecular weight excluding hydrogens is 379 g/mol. The average molecular weight is 399 g/mol. The Hall–Kier alpha value is -1.51. The predicted molar refractivity (Wildman–Crippen MR) is 98.0 cm³/mol. The van der Waals surface area contributed by atoms with Crippen molar-refractivity contribution in [3.05, 3.63) is 64.9 Å². The van der Waals surface area contributed by atoms with Crippen molar-refractivity contribution in [1.82, 2.24) is 9.21 Å². The fourth-order valence-electron chi connectivity index (χ4n) is 2.96. The molecule has 0 radical (unpaired) electrons. The van der Waals surface area contributed by atoms with Gasteiger partial charge in [0.05, 0.1) is 11.0 Å². The Bertz CT molecular complexity index is 853. The molecule has 0 aliphatic carbocycles. The normalized spacial score (nSPS) is 18.0. The lowest BCUT2D eigenvalue weighted by atomic mass is 10.1. The molecule has 2 aromatic rings. The Morgan fingerprint density at radius 1 is 1.08 bits per heavy atom. The smallest absolute Gasteiger partial charge is 0.243 e. The fourth-order valence-corrected chi connectivity index (χ4v) is 4.54. The molecule has 2 aromatic carbocycles. The van der Waals surface area contributed by atoms with Gasteiger partial charge in [-0.05, 0) is 35.9 Å². The summed E-state index contributed by atoms with van der Waals surface area (Å²) in [6.45, 7) is 2.01. The number of halogens is 2. The quantitative estimate of drug-likeness (QED) is 0.840. The molecule has 1 unspecified atom stereocenters. The van der Waals surface area contributed by atoms with Crippen LogP contribution in [0, 0.1) is 5.82 Å². The molecule has 3 rings (SSSR count). The van der Waals surface area contributed by atoms with Crippen LogP contribution in [0.3, 0.4) is 0 Å². The number of hydrogen-bond donors (Lipinski definition) is 1. The molecule has 140 valence electrons. The van der Waals surface area contributed by atoms with Crippen LogP contribution in [-0.2, 0) is 10.0 Å². The van der Waals surface area contributed by atoms with Crippen molar-refractivity contribution in [2.24, 2.45) is 0 Å². The van der Waals surface area contributed by atoms with Gasteiger partial charge in [-0.2, -0.15) is 4.31 Å². The molecule has 1 atom stereocenters. The summed E-state index contributed by atoms with van der Waals surface area (Å²) in [7, 11) is -3.70. The topological polar surface area (TPSA) is 60.9 Å². The summed E-state index contributed by atoms with van der Waals surface area (Å²) in [5.41, 5.74) is 0.768. The van der Waals surface area contributed by atoms with E-state index in [1.807, 2.05) is 4.90 Å². The van der Waals surface area contributed by atoms with Crippen molar-refractivity contribution >= 4 is 21.6 Å². The van der Waals surface area contributed by atoms with Crippen LogP contribution < -0.4 is 0 Å². The van der Waals surface area contributed by atoms with Crippen molar-refractivity contribution in [3.63, 3.8) is 0 Å². The highest BCUT2D eigenvalue weighted by Gasteiger charge is 2.29. The van der Waals surface area contributed by atoms with Gasteiger partial charge in [-0.1, -0.05) is 29.8 Å². The average Bonchev–Trinajstić information content (AvgIpc) is 2.62. The first-order chi connectivity index (χ1) is 12.4. The van der Waals surface area contributed by atoms with Crippen LogP contribution in [-0.4, -0.2) is 55.5 Å². The molecule has 1 heterocycles. The van der Waals surface area contributed by atoms with E-state index >= 15 is 0 Å². The minimum Gasteiger partial charge on any atom is -0.387 e. The molecule has 0 bridgehead atoms. The van der Waals surface area contributed by atoms with Crippen LogP contribution in [0.4, 0.5) is 4.39 Å². The van der Waals surface area contributed by atoms with Crippen LogP contribution in [0.2, 0.25) is 5.02 Å². The van der Waals surface area contributed by atoms with Crippen molar-refractivity contribution in [2.45, 2.75) is 11.0 Å². The number of β-amino-alcohol motifs (C(OH)–C–C–N with tert-alkyl or cyclic N) is 1. The van der Waals surface area contributed by atoms with E-state index in [1.54, 1.807) is 24.3 Å². The summed E-state index contributed by atoms with van der Waals surface area (Å²) >= 11 is 5.85. The van der Waals surface area contributed by atoms with Crippen LogP contribution >= 0.6 is 11.6 Å². The van der Waals surface area contributed by atoms with Crippen molar-refractivity contribution in [3.8, 4) is 0 Å². The van der Waals surface area contributed by atoms with Gasteiger partial charge in [0.15, 0.2) is 0 Å². The Morgan fingerprint density at radius 2 is 1.73 bits per heavy atom. The minimum absolute atomic E-state index is 0.0350. The number of hydrogen-bond acceptors (Lipinski definition) is 4. The lowest BCUT2D eigenvalue weighted by Gasteiger charge is -2.35. The molecular formula is C18H20ClFN2O3S. The third-order valence-electron chi connectivity index (χ3n) is 4.45. The summed E-state index contributed by atoms with van der Waals surface area (Å²) in [4.78, 5) is 1.98. The largest absolute Gasteiger partial charge is 0.387 e. The molecule has 5 nitrogen and oxygen atoms in total. The van der Waals surface area contributed by atoms with E-state index in [0.717, 1.165) is 11.6 Å². The van der Waals surface area contributed by atoms with Crippen molar-refractivity contribution in [2.75, 3.05) is 32.7 Å². The molecule has 1 saturated heterocycles. The second kappa shape index (κ2) is 8.02. The second-order valence-corrected chi connectivity index (χ2v) is 8.60. The maximum absolute atomic E-state index is 13.3. The van der Waals surface area contributed by atoms with Gasteiger partial charge in [-0.3, -0.25) is 4.90 Å². The third kappa shape index (κ3) is 4.42. The van der Waals surface area contributed by atoms with Crippen molar-refractivity contribution in [1.29, 1.82) is 0 Å². The highest BCUT2D eigenvalue weighted by molar-refractivity contribution is 7.89. The number of sulfonamides is 1. The molecule has 1 N–H and O–H groups in total. The Labute approximate surface area is 157 Å². The molecule has 0 aromatic heterocycles. The third-order valence-corrected chi connectivity index (χ3v) is 6.60. The summed E-state index contributed by atoms with van der Waals surface area (Å²) in [5, 5.41) is 10.9. The summed E-state index contributed by atoms with van der Waals surface area (Å²) in [6.07, 6.45) is -0.668. The van der Waals surface area contributed by atoms with Crippen LogP contribution in [0.5, 0.6) is 0 Å². The van der Waals surface area contributed by atoms with E-state index in [0.29, 0.717) is 37.7 Å². The van der Waals surface area contributed by atoms with E-state index in [9.17, 15) is 17.9 Å². The van der Waals surface area contributed by atoms with Gasteiger partial charge >= 0.3 is 0 Å². The molecule has 8 heteroatoms. The van der Waals surface area contributed by atoms with E-state index in [-0.39, 0.29) is 4.90 Å². The number of rotatable bonds is 5. The number of benzene rings is 2. The van der Waals surface area contributed by atoms with E-state index in [4.69, 9.17) is 11.6 Å². The molecule has 1 aliphatic rings. The standard InChI is InChI=1S/C18H20ClFN2O3S/c19-15-6-4-14(5-7-15)18(23)13-21-8-10-22(11-9-21)26(24,25)17-3-1-2-16(20)12-17/h1-7,12,18,23H,8-11,13H2. The summed E-state index contributed by atoms with van der Waals surface area (Å²) < 4.78 is 39.9. The Balaban J connectivity index is 1.59. The fraction of sp³-hybridized carbons (Fsp3) is 0.333. The molecule has 0 amide bonds. The summed E-state index contributed by atoms with van der Waals surface area (Å²) in [6, 6.07) is 12.0. The molecule has 26 heavy (non-hydrogen) atoms. The maximum atomic E-state index is 13.3. The van der Waals surface area contributed by atoms with Crippen LogP contribution in [0.25, 0.3) is 0 Å².